The number of para-hydroxylation sites is 1. The molecule has 2 heterocycles. The minimum atomic E-state index is -1.06. The van der Waals surface area contributed by atoms with Crippen molar-refractivity contribution in [1.82, 2.24) is 15.2 Å². The van der Waals surface area contributed by atoms with E-state index in [1.54, 1.807) is 13.8 Å². The molecule has 0 unspecified atom stereocenters. The maximum atomic E-state index is 13.6. The monoisotopic (exact) mass is 482 g/mol. The average molecular weight is 483 g/mol. The number of aryl methyl sites for hydroxylation is 1. The highest BCUT2D eigenvalue weighted by atomic mass is 35.5. The Morgan fingerprint density at radius 1 is 1.09 bits per heavy atom. The highest BCUT2D eigenvalue weighted by molar-refractivity contribution is 5.92. The van der Waals surface area contributed by atoms with E-state index in [4.69, 9.17) is 5.73 Å². The Hall–Kier alpha value is -2.83. The molecule has 2 amide bonds. The van der Waals surface area contributed by atoms with Crippen molar-refractivity contribution in [2.45, 2.75) is 57.5 Å². The second kappa shape index (κ2) is 10.6. The van der Waals surface area contributed by atoms with Crippen molar-refractivity contribution < 1.29 is 9.59 Å². The minimum absolute atomic E-state index is 0. The summed E-state index contributed by atoms with van der Waals surface area (Å²) in [4.78, 5) is 31.7. The zero-order chi connectivity index (χ0) is 23.6. The molecular weight excluding hydrogens is 448 g/mol. The predicted octanol–water partition coefficient (Wildman–Crippen LogP) is 4.07. The van der Waals surface area contributed by atoms with Crippen LogP contribution in [0.25, 0.3) is 10.9 Å². The Morgan fingerprint density at radius 3 is 2.35 bits per heavy atom. The third kappa shape index (κ3) is 5.62. The number of nitrogens with one attached hydrogen (secondary N) is 2. The smallest absolute Gasteiger partial charge is 0.245 e. The van der Waals surface area contributed by atoms with Crippen LogP contribution in [0.3, 0.4) is 0 Å². The number of hydrogen-bond donors (Lipinski definition) is 3. The molecule has 4 rings (SSSR count). The number of fused-ring (bicyclic) bond motifs is 1. The van der Waals surface area contributed by atoms with E-state index >= 15 is 0 Å². The van der Waals surface area contributed by atoms with Crippen LogP contribution in [0.2, 0.25) is 0 Å². The Labute approximate surface area is 207 Å². The number of nitrogens with two attached hydrogens (primary N) is 1. The van der Waals surface area contributed by atoms with Gasteiger partial charge in [-0.2, -0.15) is 0 Å². The maximum Gasteiger partial charge on any atom is 0.245 e. The van der Waals surface area contributed by atoms with Crippen molar-refractivity contribution in [2.75, 3.05) is 13.1 Å². The quantitative estimate of drug-likeness (QED) is 0.494. The first kappa shape index (κ1) is 25.8. The molecule has 1 aliphatic heterocycles. The summed E-state index contributed by atoms with van der Waals surface area (Å²) >= 11 is 0. The molecule has 0 bridgehead atoms. The molecule has 6 nitrogen and oxygen atoms in total. The number of aromatic nitrogens is 1. The van der Waals surface area contributed by atoms with Crippen LogP contribution < -0.4 is 11.1 Å². The zero-order valence-electron chi connectivity index (χ0n) is 20.1. The summed E-state index contributed by atoms with van der Waals surface area (Å²) in [6.45, 7) is 6.70. The number of piperidine rings is 1. The predicted molar refractivity (Wildman–Crippen MR) is 139 cm³/mol. The topological polar surface area (TPSA) is 91.2 Å². The number of nitrogens with zero attached hydrogens (tertiary/aromatic N) is 1. The lowest BCUT2D eigenvalue weighted by Crippen LogP contribution is -2.57. The van der Waals surface area contributed by atoms with Crippen molar-refractivity contribution >= 4 is 35.1 Å². The molecule has 1 aliphatic rings. The molecule has 4 N–H and O–H groups in total. The third-order valence-electron chi connectivity index (χ3n) is 6.70. The Bertz CT molecular complexity index is 1130. The van der Waals surface area contributed by atoms with Gasteiger partial charge >= 0.3 is 0 Å². The summed E-state index contributed by atoms with van der Waals surface area (Å²) < 4.78 is 0. The normalized spacial score (nSPS) is 15.6. The lowest BCUT2D eigenvalue weighted by atomic mass is 9.89. The summed E-state index contributed by atoms with van der Waals surface area (Å²) in [5.41, 5.74) is 9.40. The van der Waals surface area contributed by atoms with E-state index < -0.39 is 11.6 Å². The summed E-state index contributed by atoms with van der Waals surface area (Å²) in [5.74, 6) is 0.100. The summed E-state index contributed by atoms with van der Waals surface area (Å²) in [5, 5.41) is 4.04. The van der Waals surface area contributed by atoms with Crippen molar-refractivity contribution in [1.29, 1.82) is 0 Å². The molecule has 0 aliphatic carbocycles. The van der Waals surface area contributed by atoms with Gasteiger partial charge in [0.15, 0.2) is 0 Å². The molecule has 1 aromatic heterocycles. The van der Waals surface area contributed by atoms with Gasteiger partial charge in [-0.25, -0.2) is 0 Å². The Balaban J connectivity index is 0.00000324. The first-order valence-corrected chi connectivity index (χ1v) is 11.7. The van der Waals surface area contributed by atoms with Gasteiger partial charge in [-0.1, -0.05) is 48.5 Å². The van der Waals surface area contributed by atoms with Crippen LogP contribution in [0.5, 0.6) is 0 Å². The molecule has 34 heavy (non-hydrogen) atoms. The lowest BCUT2D eigenvalue weighted by Gasteiger charge is -2.35. The lowest BCUT2D eigenvalue weighted by molar-refractivity contribution is -0.138. The Morgan fingerprint density at radius 2 is 1.71 bits per heavy atom. The van der Waals surface area contributed by atoms with Crippen LogP contribution in [0.4, 0.5) is 0 Å². The number of carbonyl (C=O) groups excluding carboxylic acids is 2. The highest BCUT2D eigenvalue weighted by Crippen LogP contribution is 2.29. The number of rotatable bonds is 6. The van der Waals surface area contributed by atoms with Crippen LogP contribution in [0.15, 0.2) is 54.6 Å². The number of halogens is 1. The number of benzene rings is 2. The van der Waals surface area contributed by atoms with Gasteiger partial charge in [0.05, 0.1) is 5.54 Å². The molecule has 182 valence electrons. The van der Waals surface area contributed by atoms with E-state index in [1.807, 2.05) is 36.1 Å². The molecule has 0 saturated carbocycles. The maximum absolute atomic E-state index is 13.6. The third-order valence-corrected chi connectivity index (χ3v) is 6.70. The van der Waals surface area contributed by atoms with Gasteiger partial charge in [0.25, 0.3) is 0 Å². The van der Waals surface area contributed by atoms with Gasteiger partial charge in [0.2, 0.25) is 11.8 Å². The van der Waals surface area contributed by atoms with Gasteiger partial charge in [-0.15, -0.1) is 12.4 Å². The van der Waals surface area contributed by atoms with Crippen molar-refractivity contribution in [3.05, 3.63) is 71.4 Å². The molecule has 0 spiro atoms. The van der Waals surface area contributed by atoms with E-state index in [0.717, 1.165) is 35.0 Å². The zero-order valence-corrected chi connectivity index (χ0v) is 21.0. The fraction of sp³-hybridized carbons (Fsp3) is 0.407. The first-order valence-electron chi connectivity index (χ1n) is 11.7. The second-order valence-electron chi connectivity index (χ2n) is 9.74. The molecule has 1 saturated heterocycles. The minimum Gasteiger partial charge on any atom is -0.358 e. The fourth-order valence-corrected chi connectivity index (χ4v) is 4.73. The molecule has 3 aromatic rings. The van der Waals surface area contributed by atoms with E-state index in [2.05, 4.69) is 40.6 Å². The number of aromatic amines is 1. The fourth-order valence-electron chi connectivity index (χ4n) is 4.73. The summed E-state index contributed by atoms with van der Waals surface area (Å²) in [6.07, 6.45) is 2.27. The van der Waals surface area contributed by atoms with Crippen LogP contribution in [-0.4, -0.2) is 46.4 Å². The number of amides is 2. The van der Waals surface area contributed by atoms with Crippen molar-refractivity contribution in [3.63, 3.8) is 0 Å². The van der Waals surface area contributed by atoms with E-state index in [9.17, 15) is 9.59 Å². The number of H-pyrrole nitrogens is 1. The van der Waals surface area contributed by atoms with E-state index in [1.165, 1.54) is 5.56 Å². The van der Waals surface area contributed by atoms with Crippen LogP contribution >= 0.6 is 12.4 Å². The molecule has 1 fully saturated rings. The van der Waals surface area contributed by atoms with Crippen molar-refractivity contribution in [2.24, 2.45) is 5.73 Å². The van der Waals surface area contributed by atoms with E-state index in [-0.39, 0.29) is 24.2 Å². The first-order chi connectivity index (χ1) is 15.7. The molecular formula is C27H35ClN4O2. The molecule has 1 atom stereocenters. The highest BCUT2D eigenvalue weighted by Gasteiger charge is 2.33. The van der Waals surface area contributed by atoms with Gasteiger partial charge in [0.1, 0.15) is 6.04 Å². The number of likely N-dealkylation sites (tertiary alicyclic amines) is 1. The largest absolute Gasteiger partial charge is 0.358 e. The number of carbonyl (C=O) groups is 2. The van der Waals surface area contributed by atoms with Gasteiger partial charge < -0.3 is 20.9 Å². The summed E-state index contributed by atoms with van der Waals surface area (Å²) in [7, 11) is 0. The Kier molecular flexibility index (Phi) is 8.05. The van der Waals surface area contributed by atoms with Gasteiger partial charge in [-0.3, -0.25) is 9.59 Å². The second-order valence-corrected chi connectivity index (χ2v) is 9.74. The van der Waals surface area contributed by atoms with Crippen LogP contribution in [0.1, 0.15) is 49.4 Å². The van der Waals surface area contributed by atoms with Gasteiger partial charge in [-0.05, 0) is 56.7 Å². The van der Waals surface area contributed by atoms with Gasteiger partial charge in [0, 0.05) is 36.1 Å². The SMILES string of the molecule is Cc1[nH]c2ccccc2c1C[C@@H](NC(=O)C(C)(C)N)C(=O)N1CCC(c2ccccc2)CC1.Cl. The molecule has 7 heteroatoms. The molecule has 2 aromatic carbocycles. The van der Waals surface area contributed by atoms with Crippen molar-refractivity contribution in [3.8, 4) is 0 Å². The average Bonchev–Trinajstić information content (AvgIpc) is 3.13. The van der Waals surface area contributed by atoms with Crippen LogP contribution in [0, 0.1) is 6.92 Å². The molecule has 0 radical (unpaired) electrons. The summed E-state index contributed by atoms with van der Waals surface area (Å²) in [6, 6.07) is 17.9. The standard InChI is InChI=1S/C27H34N4O2.ClH/c1-18-22(21-11-7-8-12-23(21)29-18)17-24(30-26(33)27(2,3)28)25(32)31-15-13-20(14-16-31)19-9-5-4-6-10-19;/h4-12,20,24,29H,13-17,28H2,1-3H3,(H,30,33);1H/t24-;/m1./s1. The number of hydrogen-bond acceptors (Lipinski definition) is 3. The van der Waals surface area contributed by atoms with Crippen LogP contribution in [-0.2, 0) is 16.0 Å². The van der Waals surface area contributed by atoms with E-state index in [0.29, 0.717) is 25.4 Å².